The number of ether oxygens (including phenoxy) is 1. The molecule has 0 fully saturated rings. The summed E-state index contributed by atoms with van der Waals surface area (Å²) in [6, 6.07) is -0.670. The normalized spacial score (nSPS) is 13.0. The third-order valence-corrected chi connectivity index (χ3v) is 11.4. The van der Waals surface area contributed by atoms with Crippen LogP contribution in [0.25, 0.3) is 0 Å². The maximum Gasteiger partial charge on any atom is 0.305 e. The lowest BCUT2D eigenvalue weighted by molar-refractivity contribution is -0.143. The predicted octanol–water partition coefficient (Wildman–Crippen LogP) is 14.9. The van der Waals surface area contributed by atoms with E-state index >= 15 is 0 Å². The monoisotopic (exact) mass is 816 g/mol. The number of hydrogen-bond donors (Lipinski definition) is 3. The molecule has 0 heterocycles. The molecular formula is C52H97NO5. The standard InChI is InChI=1S/C52H97NO5/c1-3-5-7-9-11-13-15-16-17-18-19-20-23-26-30-34-38-42-46-52(57)58-47-43-39-35-31-27-24-21-22-25-29-33-37-41-45-51(56)53-49(48-54)50(55)44-40-36-32-28-14-12-10-8-6-4-2/h22,25,33,37,40,44,49-50,54-55H,3-21,23-24,26-32,34-36,38-39,41-43,45-48H2,1-2H3,(H,53,56)/b25-22-,37-33-,44-40+. The average molecular weight is 816 g/mol. The fourth-order valence-corrected chi connectivity index (χ4v) is 7.51. The summed E-state index contributed by atoms with van der Waals surface area (Å²) >= 11 is 0. The highest BCUT2D eigenvalue weighted by Crippen LogP contribution is 2.16. The van der Waals surface area contributed by atoms with E-state index in [2.05, 4.69) is 37.4 Å². The van der Waals surface area contributed by atoms with Crippen molar-refractivity contribution < 1.29 is 24.5 Å². The zero-order chi connectivity index (χ0) is 42.3. The van der Waals surface area contributed by atoms with Crippen LogP contribution in [-0.4, -0.2) is 47.4 Å². The number of amides is 1. The van der Waals surface area contributed by atoms with E-state index < -0.39 is 12.1 Å². The maximum absolute atomic E-state index is 12.3. The van der Waals surface area contributed by atoms with Gasteiger partial charge in [-0.25, -0.2) is 0 Å². The zero-order valence-electron chi connectivity index (χ0n) is 38.5. The molecule has 0 aliphatic rings. The van der Waals surface area contributed by atoms with Crippen LogP contribution in [0.4, 0.5) is 0 Å². The molecule has 0 saturated carbocycles. The van der Waals surface area contributed by atoms with Crippen LogP contribution >= 0.6 is 0 Å². The Morgan fingerprint density at radius 2 is 0.879 bits per heavy atom. The Balaban J connectivity index is 3.52. The summed E-state index contributed by atoms with van der Waals surface area (Å²) in [7, 11) is 0. The second kappa shape index (κ2) is 47.8. The molecule has 0 bridgehead atoms. The van der Waals surface area contributed by atoms with Crippen molar-refractivity contribution in [1.29, 1.82) is 0 Å². The minimum atomic E-state index is -0.877. The molecule has 0 aromatic heterocycles. The Hall–Kier alpha value is -1.92. The third kappa shape index (κ3) is 43.7. The van der Waals surface area contributed by atoms with Gasteiger partial charge in [0.15, 0.2) is 0 Å². The first kappa shape index (κ1) is 56.1. The SMILES string of the molecule is CCCCCCCCCC/C=C/C(O)C(CO)NC(=O)CC/C=C\C/C=C\CCCCCCCCOC(=O)CCCCCCCCCCCCCCCCCCCC. The molecule has 3 N–H and O–H groups in total. The lowest BCUT2D eigenvalue weighted by Gasteiger charge is -2.19. The number of unbranched alkanes of at least 4 members (excludes halogenated alkanes) is 31. The van der Waals surface area contributed by atoms with Crippen molar-refractivity contribution in [2.24, 2.45) is 0 Å². The van der Waals surface area contributed by atoms with E-state index in [9.17, 15) is 19.8 Å². The Morgan fingerprint density at radius 3 is 1.34 bits per heavy atom. The van der Waals surface area contributed by atoms with Crippen LogP contribution in [0.1, 0.15) is 258 Å². The van der Waals surface area contributed by atoms with Crippen LogP contribution in [0.5, 0.6) is 0 Å². The zero-order valence-corrected chi connectivity index (χ0v) is 38.5. The van der Waals surface area contributed by atoms with Crippen molar-refractivity contribution in [3.63, 3.8) is 0 Å². The molecule has 0 aliphatic heterocycles. The van der Waals surface area contributed by atoms with Gasteiger partial charge in [-0.1, -0.05) is 230 Å². The number of aliphatic hydroxyl groups excluding tert-OH is 2. The maximum atomic E-state index is 12.3. The van der Waals surface area contributed by atoms with Gasteiger partial charge in [0.05, 0.1) is 25.4 Å². The van der Waals surface area contributed by atoms with Gasteiger partial charge in [-0.3, -0.25) is 9.59 Å². The van der Waals surface area contributed by atoms with Crippen LogP contribution in [0, 0.1) is 0 Å². The van der Waals surface area contributed by atoms with Crippen LogP contribution in [0.15, 0.2) is 36.5 Å². The Bertz CT molecular complexity index is 946. The molecule has 6 heteroatoms. The molecule has 1 amide bonds. The Labute approximate surface area is 360 Å². The highest BCUT2D eigenvalue weighted by Gasteiger charge is 2.17. The molecule has 58 heavy (non-hydrogen) atoms. The Kier molecular flexibility index (Phi) is 46.2. The molecule has 6 nitrogen and oxygen atoms in total. The van der Waals surface area contributed by atoms with Gasteiger partial charge in [-0.05, 0) is 51.4 Å². The molecular weight excluding hydrogens is 719 g/mol. The summed E-state index contributed by atoms with van der Waals surface area (Å²) in [6.45, 7) is 4.81. The van der Waals surface area contributed by atoms with Gasteiger partial charge in [0.2, 0.25) is 5.91 Å². The van der Waals surface area contributed by atoms with Crippen LogP contribution in [0.3, 0.4) is 0 Å². The number of carbonyl (C=O) groups excluding carboxylic acids is 2. The summed E-state index contributed by atoms with van der Waals surface area (Å²) in [5.41, 5.74) is 0. The summed E-state index contributed by atoms with van der Waals surface area (Å²) in [5.74, 6) is -0.166. The van der Waals surface area contributed by atoms with Gasteiger partial charge < -0.3 is 20.3 Å². The lowest BCUT2D eigenvalue weighted by Crippen LogP contribution is -2.45. The molecule has 2 atom stereocenters. The molecule has 0 aromatic carbocycles. The van der Waals surface area contributed by atoms with Crippen molar-refractivity contribution in [2.75, 3.05) is 13.2 Å². The minimum absolute atomic E-state index is 0.0152. The van der Waals surface area contributed by atoms with Crippen molar-refractivity contribution in [2.45, 2.75) is 270 Å². The summed E-state index contributed by atoms with van der Waals surface area (Å²) in [4.78, 5) is 24.4. The van der Waals surface area contributed by atoms with E-state index in [4.69, 9.17) is 4.74 Å². The molecule has 0 spiro atoms. The average Bonchev–Trinajstić information content (AvgIpc) is 3.22. The van der Waals surface area contributed by atoms with Crippen molar-refractivity contribution in [3.05, 3.63) is 36.5 Å². The van der Waals surface area contributed by atoms with Crippen molar-refractivity contribution in [1.82, 2.24) is 5.32 Å². The lowest BCUT2D eigenvalue weighted by atomic mass is 10.0. The number of nitrogens with one attached hydrogen (secondary N) is 1. The number of esters is 1. The number of carbonyl (C=O) groups is 2. The highest BCUT2D eigenvalue weighted by atomic mass is 16.5. The molecule has 0 aromatic rings. The number of allylic oxidation sites excluding steroid dienone is 5. The molecule has 0 aliphatic carbocycles. The van der Waals surface area contributed by atoms with Crippen LogP contribution in [0.2, 0.25) is 0 Å². The van der Waals surface area contributed by atoms with E-state index in [1.165, 1.54) is 173 Å². The van der Waals surface area contributed by atoms with E-state index in [1.807, 2.05) is 12.2 Å². The van der Waals surface area contributed by atoms with Crippen molar-refractivity contribution in [3.8, 4) is 0 Å². The molecule has 0 rings (SSSR count). The predicted molar refractivity (Wildman–Crippen MR) is 250 cm³/mol. The van der Waals surface area contributed by atoms with E-state index in [0.29, 0.717) is 25.9 Å². The van der Waals surface area contributed by atoms with Crippen molar-refractivity contribution >= 4 is 11.9 Å². The summed E-state index contributed by atoms with van der Waals surface area (Å²) < 4.78 is 5.46. The van der Waals surface area contributed by atoms with Gasteiger partial charge in [-0.15, -0.1) is 0 Å². The van der Waals surface area contributed by atoms with Gasteiger partial charge in [0, 0.05) is 12.8 Å². The smallest absolute Gasteiger partial charge is 0.305 e. The molecule has 0 saturated heterocycles. The number of rotatable bonds is 46. The van der Waals surface area contributed by atoms with Crippen LogP contribution in [-0.2, 0) is 14.3 Å². The highest BCUT2D eigenvalue weighted by molar-refractivity contribution is 5.76. The molecule has 2 unspecified atom stereocenters. The Morgan fingerprint density at radius 1 is 0.483 bits per heavy atom. The first-order valence-electron chi connectivity index (χ1n) is 25.3. The minimum Gasteiger partial charge on any atom is -0.466 e. The second-order valence-electron chi connectivity index (χ2n) is 17.1. The first-order valence-corrected chi connectivity index (χ1v) is 25.3. The van der Waals surface area contributed by atoms with E-state index in [1.54, 1.807) is 6.08 Å². The van der Waals surface area contributed by atoms with Gasteiger partial charge in [-0.2, -0.15) is 0 Å². The fourth-order valence-electron chi connectivity index (χ4n) is 7.51. The summed E-state index contributed by atoms with van der Waals surface area (Å²) in [6.07, 6.45) is 57.4. The third-order valence-electron chi connectivity index (χ3n) is 11.4. The number of aliphatic hydroxyl groups is 2. The second-order valence-corrected chi connectivity index (χ2v) is 17.1. The van der Waals surface area contributed by atoms with E-state index in [-0.39, 0.29) is 18.5 Å². The topological polar surface area (TPSA) is 95.9 Å². The fraction of sp³-hybridized carbons (Fsp3) is 0.846. The first-order chi connectivity index (χ1) is 28.5. The number of hydrogen-bond acceptors (Lipinski definition) is 5. The van der Waals surface area contributed by atoms with Gasteiger partial charge in [0.1, 0.15) is 0 Å². The van der Waals surface area contributed by atoms with Crippen LogP contribution < -0.4 is 5.32 Å². The van der Waals surface area contributed by atoms with E-state index in [0.717, 1.165) is 51.4 Å². The largest absolute Gasteiger partial charge is 0.466 e. The van der Waals surface area contributed by atoms with Gasteiger partial charge in [0.25, 0.3) is 0 Å². The molecule has 0 radical (unpaired) electrons. The summed E-state index contributed by atoms with van der Waals surface area (Å²) in [5, 5.41) is 22.8. The molecule has 340 valence electrons. The quantitative estimate of drug-likeness (QED) is 0.0323. The van der Waals surface area contributed by atoms with Gasteiger partial charge >= 0.3 is 5.97 Å².